The molecule has 0 aliphatic heterocycles. The zero-order valence-electron chi connectivity index (χ0n) is 12.1. The van der Waals surface area contributed by atoms with Crippen molar-refractivity contribution in [3.8, 4) is 0 Å². The van der Waals surface area contributed by atoms with E-state index in [1.807, 2.05) is 20.8 Å². The molecule has 0 fully saturated rings. The van der Waals surface area contributed by atoms with Crippen LogP contribution >= 0.6 is 0 Å². The van der Waals surface area contributed by atoms with Crippen LogP contribution < -0.4 is 16.8 Å². The Kier molecular flexibility index (Phi) is 8.34. The number of aliphatic hydroxyl groups is 1. The zero-order chi connectivity index (χ0) is 15.0. The predicted molar refractivity (Wildman–Crippen MR) is 74.0 cm³/mol. The fraction of sp³-hybridized carbons (Fsp3) is 0.846. The van der Waals surface area contributed by atoms with Crippen LogP contribution in [-0.2, 0) is 9.59 Å². The van der Waals surface area contributed by atoms with Gasteiger partial charge in [-0.2, -0.15) is 0 Å². The summed E-state index contributed by atoms with van der Waals surface area (Å²) in [5, 5.41) is 13.2. The maximum Gasteiger partial charge on any atom is 0.230 e. The molecular formula is C13H27N3O3. The van der Waals surface area contributed by atoms with Gasteiger partial charge in [0, 0.05) is 12.5 Å². The van der Waals surface area contributed by atoms with Gasteiger partial charge >= 0.3 is 0 Å². The highest BCUT2D eigenvalue weighted by atomic mass is 16.3. The fourth-order valence-corrected chi connectivity index (χ4v) is 2.09. The minimum atomic E-state index is -1.14. The van der Waals surface area contributed by atoms with Crippen LogP contribution in [0.25, 0.3) is 0 Å². The van der Waals surface area contributed by atoms with Gasteiger partial charge in [-0.15, -0.1) is 0 Å². The molecule has 0 heterocycles. The third-order valence-electron chi connectivity index (χ3n) is 3.05. The van der Waals surface area contributed by atoms with Gasteiger partial charge in [-0.05, 0) is 18.9 Å². The van der Waals surface area contributed by atoms with Crippen LogP contribution in [0.3, 0.4) is 0 Å². The standard InChI is InChI=1S/C13H27N3O3/c1-4-5-10(17)9(7-16-6-8(2)3)11(12(14)18)13(15)19/h8-11,16-17H,4-7H2,1-3H3,(H2,14,18)(H2,15,19)/t9-,10-/m0/s1. The van der Waals surface area contributed by atoms with E-state index in [1.165, 1.54) is 0 Å². The van der Waals surface area contributed by atoms with Crippen molar-refractivity contribution in [1.82, 2.24) is 5.32 Å². The Hall–Kier alpha value is -1.14. The highest BCUT2D eigenvalue weighted by Gasteiger charge is 2.35. The smallest absolute Gasteiger partial charge is 0.230 e. The Morgan fingerprint density at radius 3 is 2.05 bits per heavy atom. The number of rotatable bonds is 10. The van der Waals surface area contributed by atoms with Gasteiger partial charge in [0.25, 0.3) is 0 Å². The monoisotopic (exact) mass is 273 g/mol. The maximum absolute atomic E-state index is 11.4. The lowest BCUT2D eigenvalue weighted by molar-refractivity contribution is -0.136. The lowest BCUT2D eigenvalue weighted by Crippen LogP contribution is -2.48. The summed E-state index contributed by atoms with van der Waals surface area (Å²) in [7, 11) is 0. The first-order chi connectivity index (χ1) is 8.81. The van der Waals surface area contributed by atoms with Crippen LogP contribution in [0, 0.1) is 17.8 Å². The average molecular weight is 273 g/mol. The summed E-state index contributed by atoms with van der Waals surface area (Å²) >= 11 is 0. The Labute approximate surface area is 114 Å². The highest BCUT2D eigenvalue weighted by molar-refractivity contribution is 5.99. The molecule has 0 rings (SSSR count). The van der Waals surface area contributed by atoms with Crippen LogP contribution in [-0.4, -0.2) is 36.1 Å². The molecule has 112 valence electrons. The zero-order valence-corrected chi connectivity index (χ0v) is 12.1. The minimum Gasteiger partial charge on any atom is -0.393 e. The van der Waals surface area contributed by atoms with Crippen molar-refractivity contribution in [3.63, 3.8) is 0 Å². The first kappa shape index (κ1) is 17.9. The summed E-state index contributed by atoms with van der Waals surface area (Å²) in [4.78, 5) is 22.7. The van der Waals surface area contributed by atoms with Crippen molar-refractivity contribution in [2.24, 2.45) is 29.2 Å². The Balaban J connectivity index is 4.81. The third-order valence-corrected chi connectivity index (χ3v) is 3.05. The molecule has 0 unspecified atom stereocenters. The SMILES string of the molecule is CCC[C@H](O)[C@H](CNCC(C)C)C(C(N)=O)C(N)=O. The van der Waals surface area contributed by atoms with Crippen LogP contribution in [0.1, 0.15) is 33.6 Å². The van der Waals surface area contributed by atoms with Gasteiger partial charge in [-0.25, -0.2) is 0 Å². The van der Waals surface area contributed by atoms with Gasteiger partial charge in [0.1, 0.15) is 5.92 Å². The summed E-state index contributed by atoms with van der Waals surface area (Å²) < 4.78 is 0. The average Bonchev–Trinajstić information content (AvgIpc) is 2.26. The van der Waals surface area contributed by atoms with Gasteiger partial charge in [0.05, 0.1) is 6.10 Å². The topological polar surface area (TPSA) is 118 Å². The molecular weight excluding hydrogens is 246 g/mol. The fourth-order valence-electron chi connectivity index (χ4n) is 2.09. The molecule has 2 atom stereocenters. The van der Waals surface area contributed by atoms with E-state index in [0.29, 0.717) is 18.9 Å². The van der Waals surface area contributed by atoms with Crippen molar-refractivity contribution in [3.05, 3.63) is 0 Å². The van der Waals surface area contributed by atoms with E-state index >= 15 is 0 Å². The Morgan fingerprint density at radius 2 is 1.68 bits per heavy atom. The molecule has 19 heavy (non-hydrogen) atoms. The first-order valence-electron chi connectivity index (χ1n) is 6.78. The van der Waals surface area contributed by atoms with Gasteiger partial charge in [-0.1, -0.05) is 27.2 Å². The van der Waals surface area contributed by atoms with Crippen molar-refractivity contribution < 1.29 is 14.7 Å². The molecule has 6 heteroatoms. The normalized spacial score (nSPS) is 14.6. The quantitative estimate of drug-likeness (QED) is 0.405. The number of hydrogen-bond donors (Lipinski definition) is 4. The number of carbonyl (C=O) groups excluding carboxylic acids is 2. The number of carbonyl (C=O) groups is 2. The number of hydrogen-bond acceptors (Lipinski definition) is 4. The summed E-state index contributed by atoms with van der Waals surface area (Å²) in [6, 6.07) is 0. The van der Waals surface area contributed by atoms with E-state index in [4.69, 9.17) is 11.5 Å². The lowest BCUT2D eigenvalue weighted by Gasteiger charge is -2.27. The molecule has 2 amide bonds. The van der Waals surface area contributed by atoms with E-state index in [1.54, 1.807) is 0 Å². The summed E-state index contributed by atoms with van der Waals surface area (Å²) in [5.74, 6) is -2.84. The molecule has 0 bridgehead atoms. The second kappa shape index (κ2) is 8.87. The minimum absolute atomic E-state index is 0.343. The first-order valence-corrected chi connectivity index (χ1v) is 6.78. The summed E-state index contributed by atoms with van der Waals surface area (Å²) in [6.07, 6.45) is 0.492. The maximum atomic E-state index is 11.4. The van der Waals surface area contributed by atoms with Crippen molar-refractivity contribution in [2.75, 3.05) is 13.1 Å². The van der Waals surface area contributed by atoms with Crippen LogP contribution in [0.2, 0.25) is 0 Å². The lowest BCUT2D eigenvalue weighted by atomic mass is 9.84. The van der Waals surface area contributed by atoms with Crippen molar-refractivity contribution in [1.29, 1.82) is 0 Å². The van der Waals surface area contributed by atoms with Crippen molar-refractivity contribution >= 4 is 11.8 Å². The van der Waals surface area contributed by atoms with Crippen LogP contribution in [0.15, 0.2) is 0 Å². The molecule has 0 saturated heterocycles. The van der Waals surface area contributed by atoms with E-state index in [2.05, 4.69) is 5.32 Å². The van der Waals surface area contributed by atoms with Gasteiger partial charge in [-0.3, -0.25) is 9.59 Å². The molecule has 6 nitrogen and oxygen atoms in total. The van der Waals surface area contributed by atoms with E-state index in [0.717, 1.165) is 13.0 Å². The molecule has 0 aromatic rings. The predicted octanol–water partition coefficient (Wildman–Crippen LogP) is -0.404. The van der Waals surface area contributed by atoms with Gasteiger partial charge in [0.15, 0.2) is 0 Å². The highest BCUT2D eigenvalue weighted by Crippen LogP contribution is 2.19. The Morgan fingerprint density at radius 1 is 1.16 bits per heavy atom. The van der Waals surface area contributed by atoms with Crippen LogP contribution in [0.5, 0.6) is 0 Å². The summed E-state index contributed by atoms with van der Waals surface area (Å²) in [6.45, 7) is 7.09. The number of nitrogens with one attached hydrogen (secondary N) is 1. The molecule has 0 aromatic carbocycles. The van der Waals surface area contributed by atoms with E-state index < -0.39 is 29.8 Å². The number of aliphatic hydroxyl groups excluding tert-OH is 1. The Bertz CT molecular complexity index is 281. The van der Waals surface area contributed by atoms with Crippen molar-refractivity contribution in [2.45, 2.75) is 39.7 Å². The largest absolute Gasteiger partial charge is 0.393 e. The summed E-state index contributed by atoms with van der Waals surface area (Å²) in [5.41, 5.74) is 10.5. The molecule has 0 aliphatic carbocycles. The second-order valence-corrected chi connectivity index (χ2v) is 5.35. The van der Waals surface area contributed by atoms with Crippen LogP contribution in [0.4, 0.5) is 0 Å². The number of primary amides is 2. The third kappa shape index (κ3) is 6.54. The molecule has 0 aliphatic rings. The number of nitrogens with two attached hydrogens (primary N) is 2. The number of amides is 2. The van der Waals surface area contributed by atoms with E-state index in [9.17, 15) is 14.7 Å². The van der Waals surface area contributed by atoms with E-state index in [-0.39, 0.29) is 0 Å². The van der Waals surface area contributed by atoms with Gasteiger partial charge < -0.3 is 21.9 Å². The molecule has 0 spiro atoms. The molecule has 6 N–H and O–H groups in total. The molecule has 0 saturated carbocycles. The molecule has 0 aromatic heterocycles. The second-order valence-electron chi connectivity index (χ2n) is 5.35. The molecule has 0 radical (unpaired) electrons. The van der Waals surface area contributed by atoms with Gasteiger partial charge in [0.2, 0.25) is 11.8 Å².